The third-order valence-electron chi connectivity index (χ3n) is 3.96. The maximum Gasteiger partial charge on any atom is 0.268 e. The van der Waals surface area contributed by atoms with Crippen LogP contribution in [0.3, 0.4) is 0 Å². The fourth-order valence-electron chi connectivity index (χ4n) is 2.41. The van der Waals surface area contributed by atoms with Gasteiger partial charge in [-0.2, -0.15) is 5.26 Å². The van der Waals surface area contributed by atoms with Crippen LogP contribution in [0.5, 0.6) is 11.5 Å². The first-order valence-corrected chi connectivity index (χ1v) is 12.9. The number of benzene rings is 2. The number of nitriles is 2. The van der Waals surface area contributed by atoms with E-state index in [2.05, 4.69) is 10.7 Å². The van der Waals surface area contributed by atoms with Crippen LogP contribution in [0, 0.1) is 22.3 Å². The van der Waals surface area contributed by atoms with E-state index in [0.717, 1.165) is 4.73 Å². The summed E-state index contributed by atoms with van der Waals surface area (Å²) in [6, 6.07) is 18.7. The molecular formula is C23H23N4O3Si+. The van der Waals surface area contributed by atoms with E-state index >= 15 is 0 Å². The van der Waals surface area contributed by atoms with Crippen LogP contribution in [0.15, 0.2) is 66.9 Å². The molecule has 31 heavy (non-hydrogen) atoms. The molecule has 0 aliphatic heterocycles. The summed E-state index contributed by atoms with van der Waals surface area (Å²) >= 11 is 0. The third-order valence-corrected chi connectivity index (χ3v) is 4.63. The van der Waals surface area contributed by atoms with Crippen LogP contribution in [-0.4, -0.2) is 28.5 Å². The number of aromatic hydroxyl groups is 2. The topological polar surface area (TPSA) is 125 Å². The Labute approximate surface area is 181 Å². The average Bonchev–Trinajstić information content (AvgIpc) is 2.75. The molecule has 0 spiro atoms. The van der Waals surface area contributed by atoms with Crippen LogP contribution >= 0.6 is 0 Å². The Morgan fingerprint density at radius 1 is 0.839 bits per heavy atom. The van der Waals surface area contributed by atoms with Crippen molar-refractivity contribution in [2.24, 2.45) is 0 Å². The van der Waals surface area contributed by atoms with Crippen molar-refractivity contribution in [3.05, 3.63) is 72.6 Å². The van der Waals surface area contributed by atoms with Gasteiger partial charge in [0.1, 0.15) is 23.3 Å². The van der Waals surface area contributed by atoms with E-state index in [1.165, 1.54) is 6.20 Å². The fourth-order valence-corrected chi connectivity index (χ4v) is 2.41. The summed E-state index contributed by atoms with van der Waals surface area (Å²) in [5, 5.41) is 46.2. The van der Waals surface area contributed by atoms with Crippen molar-refractivity contribution in [2.75, 3.05) is 0 Å². The molecule has 2 aromatic heterocycles. The summed E-state index contributed by atoms with van der Waals surface area (Å²) in [4.78, 5) is 4.03. The summed E-state index contributed by atoms with van der Waals surface area (Å²) < 4.78 is 0.981. The number of pyridine rings is 2. The lowest BCUT2D eigenvalue weighted by Gasteiger charge is -1.98. The largest absolute Gasteiger partial charge is 0.507 e. The first-order chi connectivity index (χ1) is 14.7. The zero-order chi connectivity index (χ0) is 23.0. The molecule has 156 valence electrons. The van der Waals surface area contributed by atoms with Gasteiger partial charge in [0.05, 0.1) is 10.9 Å². The van der Waals surface area contributed by atoms with Gasteiger partial charge in [0.2, 0.25) is 6.20 Å². The summed E-state index contributed by atoms with van der Waals surface area (Å²) in [5.74, 6) is 0.366. The predicted octanol–water partition coefficient (Wildman–Crippen LogP) is 4.27. The highest BCUT2D eigenvalue weighted by molar-refractivity contribution is 6.83. The Bertz CT molecular complexity index is 1250. The molecule has 0 bridgehead atoms. The lowest BCUT2D eigenvalue weighted by Crippen LogP contribution is -2.29. The highest BCUT2D eigenvalue weighted by Gasteiger charge is 2.09. The van der Waals surface area contributed by atoms with Crippen molar-refractivity contribution in [3.63, 3.8) is 0 Å². The average molecular weight is 432 g/mol. The van der Waals surface area contributed by atoms with Crippen molar-refractivity contribution < 1.29 is 20.2 Å². The molecular weight excluding hydrogens is 408 g/mol. The molecule has 0 fully saturated rings. The van der Waals surface area contributed by atoms with E-state index in [0.29, 0.717) is 27.5 Å². The molecule has 0 radical (unpaired) electrons. The first kappa shape index (κ1) is 23.1. The van der Waals surface area contributed by atoms with Gasteiger partial charge in [-0.15, -0.1) is 0 Å². The number of rotatable bonds is 0. The predicted molar refractivity (Wildman–Crippen MR) is 120 cm³/mol. The number of nitrogens with zero attached hydrogens (tertiary/aromatic N) is 4. The number of fused-ring (bicyclic) bond motifs is 2. The normalized spacial score (nSPS) is 10.1. The maximum absolute atomic E-state index is 9.41. The zero-order valence-corrected chi connectivity index (χ0v) is 18.5. The zero-order valence-electron chi connectivity index (χ0n) is 17.5. The molecule has 8 heteroatoms. The van der Waals surface area contributed by atoms with Gasteiger partial charge in [-0.3, -0.25) is 5.21 Å². The van der Waals surface area contributed by atoms with Crippen LogP contribution in [0.25, 0.3) is 21.8 Å². The van der Waals surface area contributed by atoms with E-state index in [4.69, 9.17) is 10.5 Å². The Balaban J connectivity index is 0.000000177. The van der Waals surface area contributed by atoms with E-state index in [-0.39, 0.29) is 11.5 Å². The molecule has 0 saturated carbocycles. The highest BCUT2D eigenvalue weighted by Crippen LogP contribution is 2.22. The van der Waals surface area contributed by atoms with E-state index in [9.17, 15) is 15.4 Å². The van der Waals surface area contributed by atoms with Gasteiger partial charge >= 0.3 is 0 Å². The monoisotopic (exact) mass is 431 g/mol. The Morgan fingerprint density at radius 3 is 2.03 bits per heavy atom. The lowest BCUT2D eigenvalue weighted by atomic mass is 10.2. The molecule has 0 saturated heterocycles. The number of hydrogen-bond donors (Lipinski definition) is 3. The van der Waals surface area contributed by atoms with Crippen molar-refractivity contribution >= 4 is 29.9 Å². The quantitative estimate of drug-likeness (QED) is 0.217. The summed E-state index contributed by atoms with van der Waals surface area (Å²) in [5.41, 5.74) is 3.84. The molecule has 0 aliphatic carbocycles. The Kier molecular flexibility index (Phi) is 7.51. The summed E-state index contributed by atoms with van der Waals surface area (Å²) in [6.45, 7) is 6.06. The highest BCUT2D eigenvalue weighted by atomic mass is 28.3. The fraction of sp³-hybridized carbons (Fsp3) is 0.130. The molecule has 2 aromatic carbocycles. The van der Waals surface area contributed by atoms with Gasteiger partial charge in [-0.25, -0.2) is 10.2 Å². The molecule has 0 aliphatic rings. The molecule has 7 nitrogen and oxygen atoms in total. The molecule has 4 aromatic rings. The second kappa shape index (κ2) is 10.1. The maximum atomic E-state index is 9.41. The van der Waals surface area contributed by atoms with Gasteiger partial charge in [0, 0.05) is 27.9 Å². The Hall–Kier alpha value is -4.14. The Morgan fingerprint density at radius 2 is 1.45 bits per heavy atom. The van der Waals surface area contributed by atoms with Gasteiger partial charge in [-0.1, -0.05) is 31.8 Å². The molecule has 3 N–H and O–H groups in total. The molecule has 2 heterocycles. The minimum absolute atomic E-state index is 0.177. The third kappa shape index (κ3) is 6.43. The van der Waals surface area contributed by atoms with E-state index < -0.39 is 8.07 Å². The standard InChI is InChI=1S/C10H6N2O.C9H7NO2.C4H9NSi/c11-6-7-4-5-8-9(12-7)2-1-3-10(8)13;11-9-5-1-4-8-7(9)3-2-6-10(8)12;1-6(2,3)4-5/h1-5,13H;1-6,12H;1-3H3/p+1. The van der Waals surface area contributed by atoms with Crippen LogP contribution in [0.2, 0.25) is 19.6 Å². The van der Waals surface area contributed by atoms with Crippen molar-refractivity contribution in [1.82, 2.24) is 4.98 Å². The molecule has 0 atom stereocenters. The van der Waals surface area contributed by atoms with Gasteiger partial charge in [-0.05, 0) is 36.4 Å². The van der Waals surface area contributed by atoms with Gasteiger partial charge in [0.25, 0.3) is 5.52 Å². The first-order valence-electron chi connectivity index (χ1n) is 9.38. The number of phenols is 2. The number of phenolic OH excluding ortho intramolecular Hbond substituents is 2. The van der Waals surface area contributed by atoms with E-state index in [1.807, 2.05) is 25.7 Å². The summed E-state index contributed by atoms with van der Waals surface area (Å²) in [6.07, 6.45) is 1.52. The second-order valence-corrected chi connectivity index (χ2v) is 12.3. The van der Waals surface area contributed by atoms with Crippen LogP contribution in [-0.2, 0) is 0 Å². The second-order valence-electron chi connectivity index (χ2n) is 7.58. The van der Waals surface area contributed by atoms with Crippen LogP contribution in [0.1, 0.15) is 5.69 Å². The van der Waals surface area contributed by atoms with E-state index in [1.54, 1.807) is 60.7 Å². The number of aromatic nitrogens is 2. The lowest BCUT2D eigenvalue weighted by molar-refractivity contribution is -0.884. The smallest absolute Gasteiger partial charge is 0.268 e. The van der Waals surface area contributed by atoms with Crippen molar-refractivity contribution in [2.45, 2.75) is 19.6 Å². The van der Waals surface area contributed by atoms with Crippen molar-refractivity contribution in [1.29, 1.82) is 10.5 Å². The van der Waals surface area contributed by atoms with Crippen LogP contribution < -0.4 is 4.73 Å². The summed E-state index contributed by atoms with van der Waals surface area (Å²) in [7, 11) is -1.33. The number of hydrogen-bond acceptors (Lipinski definition) is 6. The van der Waals surface area contributed by atoms with Crippen molar-refractivity contribution in [3.8, 4) is 23.3 Å². The minimum atomic E-state index is -1.33. The molecule has 4 rings (SSSR count). The van der Waals surface area contributed by atoms with Crippen LogP contribution in [0.4, 0.5) is 0 Å². The molecule has 0 unspecified atom stereocenters. The SMILES string of the molecule is C[Si](C)(C)C#N.N#Cc1ccc2c(O)cccc2n1.Oc1cccc2c1ccc[n+]2O. The van der Waals surface area contributed by atoms with Gasteiger partial charge < -0.3 is 10.2 Å². The molecule has 0 amide bonds. The minimum Gasteiger partial charge on any atom is -0.507 e. The van der Waals surface area contributed by atoms with Gasteiger partial charge in [0.15, 0.2) is 8.07 Å².